The molecule has 0 radical (unpaired) electrons. The average molecular weight is 344 g/mol. The summed E-state index contributed by atoms with van der Waals surface area (Å²) in [4.78, 5) is 12.7. The number of ether oxygens (including phenoxy) is 2. The minimum Gasteiger partial charge on any atom is -0.486 e. The molecule has 1 aliphatic heterocycles. The van der Waals surface area contributed by atoms with E-state index >= 15 is 0 Å². The molecule has 1 aliphatic carbocycles. The molecule has 24 heavy (non-hydrogen) atoms. The van der Waals surface area contributed by atoms with Gasteiger partial charge in [0.1, 0.15) is 13.2 Å². The van der Waals surface area contributed by atoms with Crippen molar-refractivity contribution in [2.24, 2.45) is 0 Å². The van der Waals surface area contributed by atoms with Gasteiger partial charge >= 0.3 is 0 Å². The molecule has 0 saturated heterocycles. The molecule has 1 aromatic carbocycles. The summed E-state index contributed by atoms with van der Waals surface area (Å²) < 4.78 is 11.2. The third kappa shape index (κ3) is 2.82. The Morgan fingerprint density at radius 1 is 1.17 bits per heavy atom. The molecule has 1 aromatic heterocycles. The molecule has 5 nitrogen and oxygen atoms in total. The van der Waals surface area contributed by atoms with Gasteiger partial charge in [-0.25, -0.2) is 0 Å². The zero-order valence-corrected chi connectivity index (χ0v) is 14.2. The Balaban J connectivity index is 1.65. The summed E-state index contributed by atoms with van der Waals surface area (Å²) in [6.45, 7) is 1.10. The SMILES string of the molecule is Nc1scc(-c2ccc3c(c2)OCCO3)c1C(=O)NC1CCCC1. The summed E-state index contributed by atoms with van der Waals surface area (Å²) in [5, 5.41) is 5.61. The lowest BCUT2D eigenvalue weighted by Gasteiger charge is -2.19. The summed E-state index contributed by atoms with van der Waals surface area (Å²) in [6, 6.07) is 6.02. The number of benzene rings is 1. The quantitative estimate of drug-likeness (QED) is 0.894. The normalized spacial score (nSPS) is 17.0. The number of carbonyl (C=O) groups excluding carboxylic acids is 1. The van der Waals surface area contributed by atoms with E-state index in [1.807, 2.05) is 23.6 Å². The fraction of sp³-hybridized carbons (Fsp3) is 0.389. The average Bonchev–Trinajstić information content (AvgIpc) is 3.24. The van der Waals surface area contributed by atoms with Crippen LogP contribution in [0.4, 0.5) is 5.00 Å². The highest BCUT2D eigenvalue weighted by Gasteiger charge is 2.24. The smallest absolute Gasteiger partial charge is 0.255 e. The summed E-state index contributed by atoms with van der Waals surface area (Å²) in [7, 11) is 0. The van der Waals surface area contributed by atoms with Gasteiger partial charge in [0.25, 0.3) is 5.91 Å². The molecule has 1 fully saturated rings. The third-order valence-corrected chi connectivity index (χ3v) is 5.40. The van der Waals surface area contributed by atoms with Gasteiger partial charge < -0.3 is 20.5 Å². The van der Waals surface area contributed by atoms with Crippen molar-refractivity contribution in [1.29, 1.82) is 0 Å². The fourth-order valence-electron chi connectivity index (χ4n) is 3.36. The molecular formula is C18H20N2O3S. The van der Waals surface area contributed by atoms with Crippen molar-refractivity contribution in [2.75, 3.05) is 18.9 Å². The van der Waals surface area contributed by atoms with E-state index in [4.69, 9.17) is 15.2 Å². The highest BCUT2D eigenvalue weighted by molar-refractivity contribution is 7.15. The van der Waals surface area contributed by atoms with Crippen LogP contribution >= 0.6 is 11.3 Å². The van der Waals surface area contributed by atoms with E-state index < -0.39 is 0 Å². The molecule has 4 rings (SSSR count). The van der Waals surface area contributed by atoms with E-state index in [-0.39, 0.29) is 11.9 Å². The Hall–Kier alpha value is -2.21. The number of hydrogen-bond acceptors (Lipinski definition) is 5. The first-order chi connectivity index (χ1) is 11.7. The van der Waals surface area contributed by atoms with E-state index in [0.29, 0.717) is 29.5 Å². The number of nitrogen functional groups attached to an aromatic ring is 1. The van der Waals surface area contributed by atoms with Crippen molar-refractivity contribution in [3.63, 3.8) is 0 Å². The van der Waals surface area contributed by atoms with Gasteiger partial charge in [-0.15, -0.1) is 11.3 Å². The van der Waals surface area contributed by atoms with Gasteiger partial charge in [0, 0.05) is 17.0 Å². The van der Waals surface area contributed by atoms with E-state index in [9.17, 15) is 4.79 Å². The van der Waals surface area contributed by atoms with E-state index in [1.54, 1.807) is 0 Å². The maximum atomic E-state index is 12.7. The molecular weight excluding hydrogens is 324 g/mol. The predicted octanol–water partition coefficient (Wildman–Crippen LogP) is 3.44. The molecule has 0 atom stereocenters. The lowest BCUT2D eigenvalue weighted by molar-refractivity contribution is 0.0940. The van der Waals surface area contributed by atoms with Gasteiger partial charge in [-0.3, -0.25) is 4.79 Å². The Kier molecular flexibility index (Phi) is 4.06. The summed E-state index contributed by atoms with van der Waals surface area (Å²) in [5.41, 5.74) is 8.44. The van der Waals surface area contributed by atoms with E-state index in [1.165, 1.54) is 24.2 Å². The molecule has 2 heterocycles. The Labute approximate surface area is 144 Å². The molecule has 6 heteroatoms. The summed E-state index contributed by atoms with van der Waals surface area (Å²) in [5.74, 6) is 1.38. The molecule has 1 saturated carbocycles. The number of rotatable bonds is 3. The number of thiophene rings is 1. The number of nitrogens with one attached hydrogen (secondary N) is 1. The van der Waals surface area contributed by atoms with Gasteiger partial charge in [-0.05, 0) is 30.5 Å². The lowest BCUT2D eigenvalue weighted by Crippen LogP contribution is -2.33. The first kappa shape index (κ1) is 15.3. The largest absolute Gasteiger partial charge is 0.486 e. The van der Waals surface area contributed by atoms with Crippen LogP contribution in [0.1, 0.15) is 36.0 Å². The van der Waals surface area contributed by atoms with Crippen LogP contribution < -0.4 is 20.5 Å². The molecule has 1 amide bonds. The molecule has 2 aromatic rings. The van der Waals surface area contributed by atoms with E-state index in [0.717, 1.165) is 29.7 Å². The van der Waals surface area contributed by atoms with Crippen LogP contribution in [0.15, 0.2) is 23.6 Å². The number of carbonyl (C=O) groups is 1. The second kappa shape index (κ2) is 6.36. The fourth-order valence-corrected chi connectivity index (χ4v) is 4.18. The number of fused-ring (bicyclic) bond motifs is 1. The highest BCUT2D eigenvalue weighted by Crippen LogP contribution is 2.39. The third-order valence-electron chi connectivity index (χ3n) is 4.59. The monoisotopic (exact) mass is 344 g/mol. The first-order valence-corrected chi connectivity index (χ1v) is 9.18. The van der Waals surface area contributed by atoms with Crippen LogP contribution in [-0.4, -0.2) is 25.2 Å². The van der Waals surface area contributed by atoms with Gasteiger partial charge in [-0.2, -0.15) is 0 Å². The molecule has 3 N–H and O–H groups in total. The van der Waals surface area contributed by atoms with E-state index in [2.05, 4.69) is 5.32 Å². The van der Waals surface area contributed by atoms with Crippen LogP contribution in [0.2, 0.25) is 0 Å². The minimum absolute atomic E-state index is 0.0782. The first-order valence-electron chi connectivity index (χ1n) is 8.30. The number of amides is 1. The summed E-state index contributed by atoms with van der Waals surface area (Å²) >= 11 is 1.39. The molecule has 0 bridgehead atoms. The second-order valence-corrected chi connectivity index (χ2v) is 7.11. The van der Waals surface area contributed by atoms with Crippen LogP contribution in [0.25, 0.3) is 11.1 Å². The second-order valence-electron chi connectivity index (χ2n) is 6.20. The topological polar surface area (TPSA) is 73.6 Å². The van der Waals surface area contributed by atoms with Gasteiger partial charge in [0.2, 0.25) is 0 Å². The lowest BCUT2D eigenvalue weighted by atomic mass is 10.0. The number of anilines is 1. The van der Waals surface area contributed by atoms with Gasteiger partial charge in [-0.1, -0.05) is 18.9 Å². The zero-order chi connectivity index (χ0) is 16.5. The highest BCUT2D eigenvalue weighted by atomic mass is 32.1. The van der Waals surface area contributed by atoms with Crippen molar-refractivity contribution in [1.82, 2.24) is 5.32 Å². The van der Waals surface area contributed by atoms with Crippen molar-refractivity contribution in [3.8, 4) is 22.6 Å². The zero-order valence-electron chi connectivity index (χ0n) is 13.3. The Morgan fingerprint density at radius 2 is 1.92 bits per heavy atom. The van der Waals surface area contributed by atoms with Crippen LogP contribution in [0.5, 0.6) is 11.5 Å². The van der Waals surface area contributed by atoms with Gasteiger partial charge in [0.15, 0.2) is 11.5 Å². The molecule has 0 spiro atoms. The molecule has 0 unspecified atom stereocenters. The van der Waals surface area contributed by atoms with Crippen molar-refractivity contribution in [3.05, 3.63) is 29.1 Å². The standard InChI is InChI=1S/C18H20N2O3S/c19-17-16(18(21)20-12-3-1-2-4-12)13(10-24-17)11-5-6-14-15(9-11)23-8-7-22-14/h5-6,9-10,12H,1-4,7-8,19H2,(H,20,21). The van der Waals surface area contributed by atoms with Crippen molar-refractivity contribution >= 4 is 22.2 Å². The Morgan fingerprint density at radius 3 is 2.71 bits per heavy atom. The minimum atomic E-state index is -0.0782. The van der Waals surface area contributed by atoms with Crippen molar-refractivity contribution in [2.45, 2.75) is 31.7 Å². The number of nitrogens with two attached hydrogens (primary N) is 1. The Bertz CT molecular complexity index is 766. The predicted molar refractivity (Wildman–Crippen MR) is 94.9 cm³/mol. The van der Waals surface area contributed by atoms with Crippen molar-refractivity contribution < 1.29 is 14.3 Å². The van der Waals surface area contributed by atoms with Crippen LogP contribution in [-0.2, 0) is 0 Å². The molecule has 126 valence electrons. The summed E-state index contributed by atoms with van der Waals surface area (Å²) in [6.07, 6.45) is 4.46. The van der Waals surface area contributed by atoms with Gasteiger partial charge in [0.05, 0.1) is 10.6 Å². The molecule has 2 aliphatic rings. The maximum Gasteiger partial charge on any atom is 0.255 e. The number of hydrogen-bond donors (Lipinski definition) is 2. The van der Waals surface area contributed by atoms with Crippen LogP contribution in [0, 0.1) is 0 Å². The maximum absolute atomic E-state index is 12.7. The van der Waals surface area contributed by atoms with Crippen LogP contribution in [0.3, 0.4) is 0 Å².